The summed E-state index contributed by atoms with van der Waals surface area (Å²) < 4.78 is 23.9. The third-order valence-corrected chi connectivity index (χ3v) is 6.94. The SMILES string of the molecule is COC(=O)OCOCC(=O)[C@H](C[C@@H]1CCN(OC(=O)OC)C1=O)NC(=O)[C@H](CC(C)C)NC(=O)c1cc2c(OC)cccc2[nH]1. The van der Waals surface area contributed by atoms with E-state index in [0.717, 1.165) is 19.3 Å². The summed E-state index contributed by atoms with van der Waals surface area (Å²) in [5.74, 6) is -2.69. The van der Waals surface area contributed by atoms with Gasteiger partial charge >= 0.3 is 12.3 Å². The van der Waals surface area contributed by atoms with Crippen LogP contribution in [0.5, 0.6) is 5.75 Å². The smallest absolute Gasteiger partial charge is 0.496 e. The van der Waals surface area contributed by atoms with Crippen LogP contribution in [0.4, 0.5) is 9.59 Å². The van der Waals surface area contributed by atoms with Crippen LogP contribution in [0.3, 0.4) is 0 Å². The van der Waals surface area contributed by atoms with Gasteiger partial charge in [0.2, 0.25) is 5.91 Å². The van der Waals surface area contributed by atoms with E-state index in [1.807, 2.05) is 13.8 Å². The predicted octanol–water partition coefficient (Wildman–Crippen LogP) is 2.07. The number of H-pyrrole nitrogens is 1. The van der Waals surface area contributed by atoms with Crippen LogP contribution in [0.1, 0.15) is 43.6 Å². The summed E-state index contributed by atoms with van der Waals surface area (Å²) in [6, 6.07) is 4.62. The number of fused-ring (bicyclic) bond motifs is 1. The zero-order valence-corrected chi connectivity index (χ0v) is 25.7. The molecule has 0 unspecified atom stereocenters. The summed E-state index contributed by atoms with van der Waals surface area (Å²) in [6.45, 7) is 2.61. The highest BCUT2D eigenvalue weighted by Gasteiger charge is 2.39. The van der Waals surface area contributed by atoms with Crippen molar-refractivity contribution in [1.82, 2.24) is 20.7 Å². The number of carbonyl (C=O) groups excluding carboxylic acids is 6. The maximum absolute atomic E-state index is 13.6. The number of benzene rings is 1. The fraction of sp³-hybridized carbons (Fsp3) is 0.517. The van der Waals surface area contributed by atoms with Gasteiger partial charge in [0, 0.05) is 16.8 Å². The Morgan fingerprint density at radius 1 is 1.02 bits per heavy atom. The maximum Gasteiger partial charge on any atom is 0.533 e. The lowest BCUT2D eigenvalue weighted by molar-refractivity contribution is -0.166. The minimum absolute atomic E-state index is 0.0303. The van der Waals surface area contributed by atoms with Gasteiger partial charge in [-0.25, -0.2) is 9.59 Å². The molecule has 0 radical (unpaired) electrons. The highest BCUT2D eigenvalue weighted by molar-refractivity contribution is 6.02. The molecule has 16 nitrogen and oxygen atoms in total. The second-order valence-corrected chi connectivity index (χ2v) is 10.6. The van der Waals surface area contributed by atoms with E-state index in [2.05, 4.69) is 29.8 Å². The number of Topliss-reactive ketones (excluding diaryl/α,β-unsaturated/α-hetero) is 1. The fourth-order valence-corrected chi connectivity index (χ4v) is 4.73. The zero-order valence-electron chi connectivity index (χ0n) is 25.7. The first kappa shape index (κ1) is 34.6. The van der Waals surface area contributed by atoms with Crippen molar-refractivity contribution in [3.63, 3.8) is 0 Å². The van der Waals surface area contributed by atoms with Gasteiger partial charge in [-0.05, 0) is 43.4 Å². The number of hydroxylamine groups is 2. The van der Waals surface area contributed by atoms with Crippen molar-refractivity contribution in [3.8, 4) is 5.75 Å². The first-order chi connectivity index (χ1) is 21.5. The average molecular weight is 635 g/mol. The van der Waals surface area contributed by atoms with Gasteiger partial charge in [-0.2, -0.15) is 5.06 Å². The van der Waals surface area contributed by atoms with Crippen LogP contribution >= 0.6 is 0 Å². The second kappa shape index (κ2) is 16.3. The Bertz CT molecular complexity index is 1390. The van der Waals surface area contributed by atoms with Crippen molar-refractivity contribution in [2.75, 3.05) is 41.3 Å². The summed E-state index contributed by atoms with van der Waals surface area (Å²) in [7, 11) is 3.71. The van der Waals surface area contributed by atoms with E-state index in [9.17, 15) is 28.8 Å². The van der Waals surface area contributed by atoms with Crippen LogP contribution in [0.15, 0.2) is 24.3 Å². The number of rotatable bonds is 15. The summed E-state index contributed by atoms with van der Waals surface area (Å²) in [4.78, 5) is 83.4. The third-order valence-electron chi connectivity index (χ3n) is 6.94. The van der Waals surface area contributed by atoms with Crippen LogP contribution < -0.4 is 15.4 Å². The van der Waals surface area contributed by atoms with Crippen molar-refractivity contribution in [2.45, 2.75) is 45.2 Å². The molecule has 2 heterocycles. The van der Waals surface area contributed by atoms with Crippen LogP contribution in [-0.2, 0) is 38.2 Å². The minimum atomic E-state index is -1.24. The lowest BCUT2D eigenvalue weighted by Gasteiger charge is -2.25. The van der Waals surface area contributed by atoms with Crippen molar-refractivity contribution in [1.29, 1.82) is 0 Å². The Labute approximate surface area is 258 Å². The average Bonchev–Trinajstić information content (AvgIpc) is 3.61. The fourth-order valence-electron chi connectivity index (χ4n) is 4.73. The van der Waals surface area contributed by atoms with Crippen molar-refractivity contribution >= 4 is 46.7 Å². The molecule has 1 aliphatic rings. The van der Waals surface area contributed by atoms with Gasteiger partial charge in [0.15, 0.2) is 12.6 Å². The molecule has 0 spiro atoms. The molecule has 3 N–H and O–H groups in total. The number of amides is 3. The second-order valence-electron chi connectivity index (χ2n) is 10.6. The number of ketones is 1. The standard InChI is InChI=1S/C29H38N4O12/c1-16(2)11-21(32-26(36)22-13-18-19(30-22)7-6-8-24(18)40-3)25(35)31-20(23(34)14-43-15-44-28(38)41-4)12-17-9-10-33(27(17)37)45-29(39)42-5/h6-8,13,16-17,20-21,30H,9-12,14-15H2,1-5H3,(H,31,35)(H,32,36)/t17-,20-,21-/m0/s1. The van der Waals surface area contributed by atoms with Crippen LogP contribution in [0.25, 0.3) is 10.9 Å². The molecule has 246 valence electrons. The molecule has 0 aliphatic carbocycles. The number of hydrogen-bond acceptors (Lipinski definition) is 12. The van der Waals surface area contributed by atoms with Crippen LogP contribution in [0.2, 0.25) is 0 Å². The lowest BCUT2D eigenvalue weighted by atomic mass is 9.95. The number of nitrogens with one attached hydrogen (secondary N) is 3. The Kier molecular flexibility index (Phi) is 12.5. The normalized spacial score (nSPS) is 15.7. The number of carbonyl (C=O) groups is 6. The molecule has 1 aliphatic heterocycles. The first-order valence-electron chi connectivity index (χ1n) is 14.1. The Hall–Kier alpha value is -4.86. The quantitative estimate of drug-likeness (QED) is 0.147. The molecular weight excluding hydrogens is 596 g/mol. The first-order valence-corrected chi connectivity index (χ1v) is 14.1. The van der Waals surface area contributed by atoms with Gasteiger partial charge in [-0.1, -0.05) is 19.9 Å². The van der Waals surface area contributed by atoms with E-state index in [0.29, 0.717) is 16.7 Å². The van der Waals surface area contributed by atoms with Gasteiger partial charge in [0.25, 0.3) is 11.8 Å². The molecule has 1 saturated heterocycles. The molecule has 1 aromatic heterocycles. The number of aromatic amines is 1. The van der Waals surface area contributed by atoms with E-state index < -0.39 is 67.2 Å². The molecule has 45 heavy (non-hydrogen) atoms. The predicted molar refractivity (Wildman–Crippen MR) is 155 cm³/mol. The molecule has 1 aromatic carbocycles. The number of aromatic nitrogens is 1. The van der Waals surface area contributed by atoms with E-state index in [1.54, 1.807) is 24.3 Å². The monoisotopic (exact) mass is 634 g/mol. The van der Waals surface area contributed by atoms with Crippen molar-refractivity contribution in [2.24, 2.45) is 11.8 Å². The Morgan fingerprint density at radius 3 is 2.42 bits per heavy atom. The van der Waals surface area contributed by atoms with Crippen molar-refractivity contribution in [3.05, 3.63) is 30.0 Å². The highest BCUT2D eigenvalue weighted by Crippen LogP contribution is 2.26. The largest absolute Gasteiger partial charge is 0.533 e. The molecule has 0 saturated carbocycles. The van der Waals surface area contributed by atoms with E-state index in [1.165, 1.54) is 7.11 Å². The molecule has 3 rings (SSSR count). The lowest BCUT2D eigenvalue weighted by Crippen LogP contribution is -2.53. The topological polar surface area (TPSA) is 201 Å². The number of nitrogens with zero attached hydrogens (tertiary/aromatic N) is 1. The van der Waals surface area contributed by atoms with Gasteiger partial charge in [0.05, 0.1) is 33.9 Å². The Balaban J connectivity index is 1.76. The molecule has 0 bridgehead atoms. The number of ether oxygens (including phenoxy) is 5. The highest BCUT2D eigenvalue weighted by atomic mass is 16.8. The summed E-state index contributed by atoms with van der Waals surface area (Å²) in [5, 5.41) is 6.90. The zero-order chi connectivity index (χ0) is 33.1. The third kappa shape index (κ3) is 9.56. The van der Waals surface area contributed by atoms with E-state index >= 15 is 0 Å². The molecule has 3 amide bonds. The van der Waals surface area contributed by atoms with Crippen molar-refractivity contribution < 1.29 is 57.3 Å². The molecular formula is C29H38N4O12. The van der Waals surface area contributed by atoms with E-state index in [-0.39, 0.29) is 37.4 Å². The molecule has 16 heteroatoms. The van der Waals surface area contributed by atoms with Crippen LogP contribution in [-0.4, -0.2) is 99.2 Å². The summed E-state index contributed by atoms with van der Waals surface area (Å²) >= 11 is 0. The molecule has 3 atom stereocenters. The van der Waals surface area contributed by atoms with Gasteiger partial charge in [-0.15, -0.1) is 0 Å². The Morgan fingerprint density at radius 2 is 1.76 bits per heavy atom. The molecule has 2 aromatic rings. The van der Waals surface area contributed by atoms with Crippen LogP contribution in [0, 0.1) is 11.8 Å². The van der Waals surface area contributed by atoms with Gasteiger partial charge in [-0.3, -0.25) is 19.2 Å². The van der Waals surface area contributed by atoms with Gasteiger partial charge in [0.1, 0.15) is 24.1 Å². The minimum Gasteiger partial charge on any atom is -0.496 e. The summed E-state index contributed by atoms with van der Waals surface area (Å²) in [6.07, 6.45) is -1.80. The maximum atomic E-state index is 13.6. The van der Waals surface area contributed by atoms with Gasteiger partial charge < -0.3 is 44.1 Å². The summed E-state index contributed by atoms with van der Waals surface area (Å²) in [5.41, 5.74) is 0.864. The number of methoxy groups -OCH3 is 3. The number of hydrogen-bond donors (Lipinski definition) is 3. The van der Waals surface area contributed by atoms with E-state index in [4.69, 9.17) is 14.3 Å². The molecule has 1 fully saturated rings.